The quantitative estimate of drug-likeness (QED) is 0.893. The number of rotatable bonds is 5. The van der Waals surface area contributed by atoms with Crippen molar-refractivity contribution in [3.05, 3.63) is 62.4 Å². The highest BCUT2D eigenvalue weighted by molar-refractivity contribution is 7.99. The number of amides is 1. The van der Waals surface area contributed by atoms with E-state index in [9.17, 15) is 14.4 Å². The Balaban J connectivity index is 2.01. The van der Waals surface area contributed by atoms with Crippen LogP contribution in [0.5, 0.6) is 0 Å². The fourth-order valence-electron chi connectivity index (χ4n) is 2.08. The van der Waals surface area contributed by atoms with E-state index in [1.165, 1.54) is 29.4 Å². The molecule has 0 aliphatic rings. The molecule has 1 heterocycles. The third kappa shape index (κ3) is 4.17. The van der Waals surface area contributed by atoms with Gasteiger partial charge >= 0.3 is 5.69 Å². The number of aromatic nitrogens is 2. The van der Waals surface area contributed by atoms with Crippen molar-refractivity contribution in [3.63, 3.8) is 0 Å². The van der Waals surface area contributed by atoms with E-state index in [-0.39, 0.29) is 22.4 Å². The SMILES string of the molecule is Cc1ccc(NC(=O)[C@@H](C)SCc2cc(=O)n(C)c(=O)n2C)cc1. The van der Waals surface area contributed by atoms with Gasteiger partial charge in [-0.25, -0.2) is 4.79 Å². The summed E-state index contributed by atoms with van der Waals surface area (Å²) in [5.41, 5.74) is 1.77. The van der Waals surface area contributed by atoms with E-state index in [1.807, 2.05) is 31.2 Å². The zero-order chi connectivity index (χ0) is 17.9. The maximum Gasteiger partial charge on any atom is 0.330 e. The fraction of sp³-hybridized carbons (Fsp3) is 0.353. The summed E-state index contributed by atoms with van der Waals surface area (Å²) in [6.45, 7) is 3.78. The molecule has 2 aromatic rings. The lowest BCUT2D eigenvalue weighted by Crippen LogP contribution is -2.38. The molecular weight excluding hydrogens is 326 g/mol. The van der Waals surface area contributed by atoms with Crippen molar-refractivity contribution in [1.82, 2.24) is 9.13 Å². The highest BCUT2D eigenvalue weighted by atomic mass is 32.2. The third-order valence-electron chi connectivity index (χ3n) is 3.79. The van der Waals surface area contributed by atoms with E-state index in [2.05, 4.69) is 5.32 Å². The van der Waals surface area contributed by atoms with Crippen molar-refractivity contribution >= 4 is 23.4 Å². The smallest absolute Gasteiger partial charge is 0.325 e. The molecule has 0 bridgehead atoms. The van der Waals surface area contributed by atoms with Crippen LogP contribution in [0.15, 0.2) is 39.9 Å². The second kappa shape index (κ2) is 7.53. The van der Waals surface area contributed by atoms with Crippen LogP contribution in [0.2, 0.25) is 0 Å². The summed E-state index contributed by atoms with van der Waals surface area (Å²) in [5.74, 6) is 0.294. The molecule has 1 atom stereocenters. The molecule has 0 fully saturated rings. The fourth-order valence-corrected chi connectivity index (χ4v) is 2.99. The highest BCUT2D eigenvalue weighted by Crippen LogP contribution is 2.18. The Bertz CT molecular complexity index is 853. The van der Waals surface area contributed by atoms with E-state index in [0.29, 0.717) is 11.4 Å². The zero-order valence-electron chi connectivity index (χ0n) is 14.2. The minimum Gasteiger partial charge on any atom is -0.325 e. The number of nitrogens with zero attached hydrogens (tertiary/aromatic N) is 2. The summed E-state index contributed by atoms with van der Waals surface area (Å²) in [6.07, 6.45) is 0. The predicted octanol–water partition coefficient (Wildman–Crippen LogP) is 1.65. The standard InChI is InChI=1S/C17H21N3O3S/c1-11-5-7-13(8-6-11)18-16(22)12(2)24-10-14-9-15(21)20(4)17(23)19(14)3/h5-9,12H,10H2,1-4H3,(H,18,22)/t12-/m1/s1. The van der Waals surface area contributed by atoms with E-state index in [0.717, 1.165) is 15.8 Å². The van der Waals surface area contributed by atoms with Crippen LogP contribution in [0, 0.1) is 6.92 Å². The molecule has 0 saturated heterocycles. The molecule has 6 nitrogen and oxygen atoms in total. The van der Waals surface area contributed by atoms with Gasteiger partial charge in [0.15, 0.2) is 0 Å². The van der Waals surface area contributed by atoms with Gasteiger partial charge in [-0.05, 0) is 26.0 Å². The molecule has 1 aromatic heterocycles. The largest absolute Gasteiger partial charge is 0.330 e. The lowest BCUT2D eigenvalue weighted by atomic mass is 10.2. The molecule has 24 heavy (non-hydrogen) atoms. The first-order valence-electron chi connectivity index (χ1n) is 7.54. The summed E-state index contributed by atoms with van der Waals surface area (Å²) in [6, 6.07) is 9.01. The summed E-state index contributed by atoms with van der Waals surface area (Å²) in [5, 5.41) is 2.54. The van der Waals surface area contributed by atoms with Gasteiger partial charge in [0.25, 0.3) is 5.56 Å². The molecule has 2 rings (SSSR count). The minimum atomic E-state index is -0.366. The van der Waals surface area contributed by atoms with Crippen molar-refractivity contribution in [1.29, 1.82) is 0 Å². The van der Waals surface area contributed by atoms with Gasteiger partial charge in [-0.1, -0.05) is 17.7 Å². The Morgan fingerprint density at radius 1 is 1.17 bits per heavy atom. The van der Waals surface area contributed by atoms with Gasteiger partial charge in [0.05, 0.1) is 5.25 Å². The van der Waals surface area contributed by atoms with Gasteiger partial charge in [0, 0.05) is 37.3 Å². The lowest BCUT2D eigenvalue weighted by molar-refractivity contribution is -0.115. The van der Waals surface area contributed by atoms with Crippen LogP contribution in [-0.4, -0.2) is 20.3 Å². The maximum absolute atomic E-state index is 12.2. The van der Waals surface area contributed by atoms with Crippen molar-refractivity contribution in [2.24, 2.45) is 14.1 Å². The first kappa shape index (κ1) is 18.1. The van der Waals surface area contributed by atoms with Crippen molar-refractivity contribution in [2.75, 3.05) is 5.32 Å². The van der Waals surface area contributed by atoms with E-state index >= 15 is 0 Å². The van der Waals surface area contributed by atoms with Crippen LogP contribution in [-0.2, 0) is 24.6 Å². The van der Waals surface area contributed by atoms with Crippen LogP contribution in [0.4, 0.5) is 5.69 Å². The third-order valence-corrected chi connectivity index (χ3v) is 4.97. The minimum absolute atomic E-state index is 0.113. The molecule has 7 heteroatoms. The average Bonchev–Trinajstić information content (AvgIpc) is 2.56. The summed E-state index contributed by atoms with van der Waals surface area (Å²) in [4.78, 5) is 35.8. The van der Waals surface area contributed by atoms with E-state index in [1.54, 1.807) is 14.0 Å². The monoisotopic (exact) mass is 347 g/mol. The molecular formula is C17H21N3O3S. The van der Waals surface area contributed by atoms with Crippen molar-refractivity contribution in [3.8, 4) is 0 Å². The predicted molar refractivity (Wildman–Crippen MR) is 97.5 cm³/mol. The number of carbonyl (C=O) groups is 1. The molecule has 0 saturated carbocycles. The van der Waals surface area contributed by atoms with Gasteiger partial charge in [-0.2, -0.15) is 0 Å². The Labute approximate surface area is 144 Å². The highest BCUT2D eigenvalue weighted by Gasteiger charge is 2.15. The summed E-state index contributed by atoms with van der Waals surface area (Å²) < 4.78 is 2.49. The number of thioether (sulfide) groups is 1. The lowest BCUT2D eigenvalue weighted by Gasteiger charge is -2.14. The Morgan fingerprint density at radius 2 is 1.79 bits per heavy atom. The zero-order valence-corrected chi connectivity index (χ0v) is 15.0. The number of nitrogens with one attached hydrogen (secondary N) is 1. The van der Waals surface area contributed by atoms with E-state index in [4.69, 9.17) is 0 Å². The molecule has 1 N–H and O–H groups in total. The number of benzene rings is 1. The summed E-state index contributed by atoms with van der Waals surface area (Å²) in [7, 11) is 3.06. The van der Waals surface area contributed by atoms with Gasteiger partial charge in [-0.15, -0.1) is 11.8 Å². The first-order chi connectivity index (χ1) is 11.3. The van der Waals surface area contributed by atoms with Crippen LogP contribution in [0.3, 0.4) is 0 Å². The number of aryl methyl sites for hydroxylation is 1. The second-order valence-corrected chi connectivity index (χ2v) is 7.01. The van der Waals surface area contributed by atoms with E-state index < -0.39 is 0 Å². The normalized spacial score (nSPS) is 12.0. The van der Waals surface area contributed by atoms with Crippen LogP contribution >= 0.6 is 11.8 Å². The number of anilines is 1. The second-order valence-electron chi connectivity index (χ2n) is 5.68. The molecule has 1 amide bonds. The van der Waals surface area contributed by atoms with Gasteiger partial charge in [-0.3, -0.25) is 18.7 Å². The number of hydrogen-bond acceptors (Lipinski definition) is 4. The molecule has 0 radical (unpaired) electrons. The van der Waals surface area contributed by atoms with Crippen LogP contribution in [0.1, 0.15) is 18.2 Å². The van der Waals surface area contributed by atoms with Gasteiger partial charge in [0.1, 0.15) is 0 Å². The molecule has 0 unspecified atom stereocenters. The Kier molecular flexibility index (Phi) is 5.66. The molecule has 0 aliphatic carbocycles. The molecule has 0 spiro atoms. The molecule has 128 valence electrons. The van der Waals surface area contributed by atoms with Gasteiger partial charge in [0.2, 0.25) is 5.91 Å². The molecule has 0 aliphatic heterocycles. The molecule has 1 aromatic carbocycles. The first-order valence-corrected chi connectivity index (χ1v) is 8.59. The average molecular weight is 347 g/mol. The maximum atomic E-state index is 12.2. The van der Waals surface area contributed by atoms with Crippen molar-refractivity contribution in [2.45, 2.75) is 24.9 Å². The number of carbonyl (C=O) groups excluding carboxylic acids is 1. The van der Waals surface area contributed by atoms with Crippen molar-refractivity contribution < 1.29 is 4.79 Å². The Hall–Kier alpha value is -2.28. The topological polar surface area (TPSA) is 73.1 Å². The Morgan fingerprint density at radius 3 is 2.42 bits per heavy atom. The van der Waals surface area contributed by atoms with Gasteiger partial charge < -0.3 is 5.32 Å². The number of hydrogen-bond donors (Lipinski definition) is 1. The van der Waals surface area contributed by atoms with Crippen LogP contribution < -0.4 is 16.6 Å². The summed E-state index contributed by atoms with van der Waals surface area (Å²) >= 11 is 1.38. The van der Waals surface area contributed by atoms with Crippen LogP contribution in [0.25, 0.3) is 0 Å².